The normalized spacial score (nSPS) is 11.1. The molecule has 0 aliphatic carbocycles. The van der Waals surface area contributed by atoms with E-state index >= 15 is 0 Å². The van der Waals surface area contributed by atoms with Gasteiger partial charge >= 0.3 is 0 Å². The Morgan fingerprint density at radius 2 is 1.60 bits per heavy atom. The number of hydrogen-bond acceptors (Lipinski definition) is 4. The molecule has 3 N–H and O–H groups in total. The van der Waals surface area contributed by atoms with E-state index in [0.29, 0.717) is 26.2 Å². The topological polar surface area (TPSA) is 73.6 Å². The van der Waals surface area contributed by atoms with Crippen LogP contribution >= 0.6 is 12.4 Å². The first kappa shape index (κ1) is 20.8. The summed E-state index contributed by atoms with van der Waals surface area (Å²) >= 11 is 0. The summed E-state index contributed by atoms with van der Waals surface area (Å²) in [6.07, 6.45) is 0.651. The van der Waals surface area contributed by atoms with E-state index in [4.69, 9.17) is 15.2 Å². The van der Waals surface area contributed by atoms with Crippen molar-refractivity contribution in [2.75, 3.05) is 25.1 Å². The summed E-state index contributed by atoms with van der Waals surface area (Å²) in [4.78, 5) is 12.2. The molecule has 1 atom stereocenters. The first-order valence-corrected chi connectivity index (χ1v) is 8.10. The second-order valence-electron chi connectivity index (χ2n) is 5.50. The summed E-state index contributed by atoms with van der Waals surface area (Å²) in [5, 5.41) is 2.90. The maximum Gasteiger partial charge on any atom is 0.227 e. The Hall–Kier alpha value is -2.24. The van der Waals surface area contributed by atoms with Crippen molar-refractivity contribution >= 4 is 24.0 Å². The van der Waals surface area contributed by atoms with Crippen LogP contribution in [0.3, 0.4) is 0 Å². The van der Waals surface area contributed by atoms with Crippen LogP contribution in [0.2, 0.25) is 0 Å². The number of benzene rings is 2. The number of ether oxygens (including phenoxy) is 2. The van der Waals surface area contributed by atoms with Crippen molar-refractivity contribution in [1.82, 2.24) is 0 Å². The van der Waals surface area contributed by atoms with Crippen molar-refractivity contribution in [2.24, 2.45) is 11.7 Å². The molecular formula is C19H25ClN2O3. The molecule has 25 heavy (non-hydrogen) atoms. The highest BCUT2D eigenvalue weighted by atomic mass is 35.5. The number of halogens is 1. The van der Waals surface area contributed by atoms with Crippen LogP contribution in [0, 0.1) is 5.92 Å². The van der Waals surface area contributed by atoms with E-state index < -0.39 is 0 Å². The molecule has 6 heteroatoms. The number of anilines is 1. The molecule has 2 aromatic carbocycles. The predicted octanol–water partition coefficient (Wildman–Crippen LogP) is 3.49. The zero-order valence-electron chi connectivity index (χ0n) is 14.3. The van der Waals surface area contributed by atoms with Crippen molar-refractivity contribution in [1.29, 1.82) is 0 Å². The van der Waals surface area contributed by atoms with Gasteiger partial charge in [-0.25, -0.2) is 0 Å². The van der Waals surface area contributed by atoms with Gasteiger partial charge in [0.25, 0.3) is 0 Å². The second-order valence-corrected chi connectivity index (χ2v) is 5.50. The quantitative estimate of drug-likeness (QED) is 0.714. The van der Waals surface area contributed by atoms with Gasteiger partial charge in [-0.3, -0.25) is 4.79 Å². The van der Waals surface area contributed by atoms with Crippen molar-refractivity contribution in [3.05, 3.63) is 54.6 Å². The van der Waals surface area contributed by atoms with Crippen LogP contribution in [0.1, 0.15) is 13.3 Å². The zero-order valence-corrected chi connectivity index (χ0v) is 15.1. The van der Waals surface area contributed by atoms with Crippen LogP contribution < -0.4 is 20.5 Å². The summed E-state index contributed by atoms with van der Waals surface area (Å²) in [7, 11) is 0. The minimum atomic E-state index is -0.137. The molecule has 0 saturated heterocycles. The summed E-state index contributed by atoms with van der Waals surface area (Å²) in [6, 6.07) is 16.9. The third kappa shape index (κ3) is 7.45. The number of rotatable bonds is 9. The molecule has 1 unspecified atom stereocenters. The number of hydrogen-bond donors (Lipinski definition) is 2. The Labute approximate surface area is 154 Å². The first-order chi connectivity index (χ1) is 11.7. The van der Waals surface area contributed by atoms with Gasteiger partial charge in [0, 0.05) is 18.2 Å². The molecular weight excluding hydrogens is 340 g/mol. The molecule has 2 rings (SSSR count). The molecule has 0 fully saturated rings. The fraction of sp³-hybridized carbons (Fsp3) is 0.316. The van der Waals surface area contributed by atoms with Crippen LogP contribution in [0.25, 0.3) is 0 Å². The molecule has 1 amide bonds. The minimum Gasteiger partial charge on any atom is -0.494 e. The monoisotopic (exact) mass is 364 g/mol. The van der Waals surface area contributed by atoms with Crippen molar-refractivity contribution < 1.29 is 14.3 Å². The summed E-state index contributed by atoms with van der Waals surface area (Å²) in [5.41, 5.74) is 6.14. The minimum absolute atomic E-state index is 0. The van der Waals surface area contributed by atoms with Crippen LogP contribution in [-0.4, -0.2) is 25.7 Å². The third-order valence-corrected chi connectivity index (χ3v) is 3.52. The van der Waals surface area contributed by atoms with E-state index in [-0.39, 0.29) is 24.2 Å². The van der Waals surface area contributed by atoms with E-state index in [1.165, 1.54) is 0 Å². The van der Waals surface area contributed by atoms with Gasteiger partial charge in [0.05, 0.1) is 6.61 Å². The molecule has 0 bridgehead atoms. The largest absolute Gasteiger partial charge is 0.494 e. The molecule has 0 radical (unpaired) electrons. The number of carbonyl (C=O) groups is 1. The Kier molecular flexibility index (Phi) is 9.43. The number of nitrogens with one attached hydrogen (secondary N) is 1. The lowest BCUT2D eigenvalue weighted by Gasteiger charge is -2.13. The average molecular weight is 365 g/mol. The summed E-state index contributed by atoms with van der Waals surface area (Å²) in [5.74, 6) is 1.39. The number of amides is 1. The van der Waals surface area contributed by atoms with Gasteiger partial charge in [-0.05, 0) is 42.8 Å². The van der Waals surface area contributed by atoms with Gasteiger partial charge in [-0.2, -0.15) is 0 Å². The highest BCUT2D eigenvalue weighted by Gasteiger charge is 2.13. The predicted molar refractivity (Wildman–Crippen MR) is 103 cm³/mol. The van der Waals surface area contributed by atoms with Crippen molar-refractivity contribution in [3.63, 3.8) is 0 Å². The number of carbonyl (C=O) groups excluding carboxylic acids is 1. The molecule has 0 aromatic heterocycles. The highest BCUT2D eigenvalue weighted by Crippen LogP contribution is 2.17. The molecule has 0 saturated carbocycles. The molecule has 0 spiro atoms. The van der Waals surface area contributed by atoms with Crippen molar-refractivity contribution in [2.45, 2.75) is 13.3 Å². The van der Waals surface area contributed by atoms with Crippen LogP contribution in [0.4, 0.5) is 5.69 Å². The molecule has 0 aliphatic rings. The third-order valence-electron chi connectivity index (χ3n) is 3.52. The zero-order chi connectivity index (χ0) is 17.2. The highest BCUT2D eigenvalue weighted by molar-refractivity contribution is 5.92. The Bertz CT molecular complexity index is 620. The van der Waals surface area contributed by atoms with Gasteiger partial charge < -0.3 is 20.5 Å². The number of para-hydroxylation sites is 1. The van der Waals surface area contributed by atoms with E-state index in [0.717, 1.165) is 17.2 Å². The van der Waals surface area contributed by atoms with Crippen LogP contribution in [0.15, 0.2) is 54.6 Å². The van der Waals surface area contributed by atoms with Gasteiger partial charge in [-0.1, -0.05) is 25.1 Å². The maximum atomic E-state index is 12.2. The molecule has 0 aliphatic heterocycles. The van der Waals surface area contributed by atoms with Crippen LogP contribution in [-0.2, 0) is 4.79 Å². The van der Waals surface area contributed by atoms with Gasteiger partial charge in [0.2, 0.25) is 5.91 Å². The van der Waals surface area contributed by atoms with E-state index in [9.17, 15) is 4.79 Å². The lowest BCUT2D eigenvalue weighted by Crippen LogP contribution is -2.22. The molecule has 2 aromatic rings. The van der Waals surface area contributed by atoms with Crippen LogP contribution in [0.5, 0.6) is 11.5 Å². The molecule has 0 heterocycles. The van der Waals surface area contributed by atoms with Gasteiger partial charge in [0.1, 0.15) is 18.1 Å². The fourth-order valence-corrected chi connectivity index (χ4v) is 2.08. The molecule has 5 nitrogen and oxygen atoms in total. The van der Waals surface area contributed by atoms with E-state index in [1.807, 2.05) is 61.5 Å². The van der Waals surface area contributed by atoms with Crippen molar-refractivity contribution in [3.8, 4) is 11.5 Å². The lowest BCUT2D eigenvalue weighted by molar-refractivity contribution is -0.119. The molecule has 136 valence electrons. The SMILES string of the molecule is CC(CCOc1ccccc1)C(=O)Nc1ccc(OCCN)cc1.Cl. The Balaban J connectivity index is 0.00000312. The summed E-state index contributed by atoms with van der Waals surface area (Å²) in [6.45, 7) is 3.35. The van der Waals surface area contributed by atoms with Gasteiger partial charge in [0.15, 0.2) is 0 Å². The average Bonchev–Trinajstić information content (AvgIpc) is 2.62. The number of nitrogens with two attached hydrogens (primary N) is 1. The Morgan fingerprint density at radius 1 is 1.00 bits per heavy atom. The first-order valence-electron chi connectivity index (χ1n) is 8.10. The summed E-state index contributed by atoms with van der Waals surface area (Å²) < 4.78 is 11.0. The van der Waals surface area contributed by atoms with E-state index in [1.54, 1.807) is 0 Å². The van der Waals surface area contributed by atoms with Gasteiger partial charge in [-0.15, -0.1) is 12.4 Å². The standard InChI is InChI=1S/C19H24N2O3.ClH/c1-15(11-13-23-17-5-3-2-4-6-17)19(22)21-16-7-9-18(10-8-16)24-14-12-20;/h2-10,15H,11-14,20H2,1H3,(H,21,22);1H. The maximum absolute atomic E-state index is 12.2. The van der Waals surface area contributed by atoms with E-state index in [2.05, 4.69) is 5.32 Å². The second kappa shape index (κ2) is 11.3. The Morgan fingerprint density at radius 3 is 2.24 bits per heavy atom. The lowest BCUT2D eigenvalue weighted by atomic mass is 10.1. The smallest absolute Gasteiger partial charge is 0.227 e. The fourth-order valence-electron chi connectivity index (χ4n) is 2.08.